The fraction of sp³-hybridized carbons (Fsp3) is 0.421. The molecule has 0 bridgehead atoms. The summed E-state index contributed by atoms with van der Waals surface area (Å²) in [4.78, 5) is 38.1. The normalized spacial score (nSPS) is 16.6. The number of esters is 1. The molecule has 1 aliphatic rings. The number of ether oxygens (including phenoxy) is 2. The third-order valence-electron chi connectivity index (χ3n) is 3.84. The van der Waals surface area contributed by atoms with E-state index in [9.17, 15) is 14.4 Å². The highest BCUT2D eigenvalue weighted by molar-refractivity contribution is 5.99. The van der Waals surface area contributed by atoms with Crippen LogP contribution in [0.2, 0.25) is 0 Å². The molecule has 140 valence electrons. The van der Waals surface area contributed by atoms with E-state index in [1.165, 1.54) is 4.90 Å². The highest BCUT2D eigenvalue weighted by Gasteiger charge is 2.35. The largest absolute Gasteiger partial charge is 0.489 e. The van der Waals surface area contributed by atoms with Gasteiger partial charge in [-0.2, -0.15) is 0 Å². The minimum Gasteiger partial charge on any atom is -0.489 e. The Morgan fingerprint density at radius 2 is 2.00 bits per heavy atom. The smallest absolute Gasteiger partial charge is 0.308 e. The number of piperazine rings is 1. The van der Waals surface area contributed by atoms with Gasteiger partial charge in [-0.1, -0.05) is 6.58 Å². The molecule has 7 nitrogen and oxygen atoms in total. The van der Waals surface area contributed by atoms with Crippen LogP contribution in [-0.4, -0.2) is 55.0 Å². The first kappa shape index (κ1) is 19.5. The second-order valence-electron chi connectivity index (χ2n) is 6.08. The lowest BCUT2D eigenvalue weighted by Gasteiger charge is -2.34. The van der Waals surface area contributed by atoms with Crippen molar-refractivity contribution in [1.29, 1.82) is 0 Å². The first-order valence-electron chi connectivity index (χ1n) is 8.54. The Bertz CT molecular complexity index is 684. The maximum atomic E-state index is 12.8. The number of hydrogen-bond acceptors (Lipinski definition) is 5. The monoisotopic (exact) mass is 360 g/mol. The number of hydrogen-bond donors (Lipinski definition) is 1. The lowest BCUT2D eigenvalue weighted by Crippen LogP contribution is -2.57. The predicted molar refractivity (Wildman–Crippen MR) is 95.8 cm³/mol. The van der Waals surface area contributed by atoms with Gasteiger partial charge in [-0.25, -0.2) is 0 Å². The molecular formula is C19H24N2O5. The number of benzene rings is 1. The molecule has 2 amide bonds. The Morgan fingerprint density at radius 1 is 1.31 bits per heavy atom. The van der Waals surface area contributed by atoms with E-state index in [2.05, 4.69) is 11.9 Å². The molecule has 0 saturated carbocycles. The zero-order chi connectivity index (χ0) is 19.1. The average molecular weight is 360 g/mol. The standard InChI is InChI=1S/C19H24N2O5/c1-4-25-17(22)11-16-18(23)20-9-10-21(16)19(24)14-5-7-15(8-6-14)26-12-13(2)3/h5-8,16H,2,4,9-12H2,1,3H3,(H,20,23). The second kappa shape index (κ2) is 9.03. The van der Waals surface area contributed by atoms with Crippen molar-refractivity contribution in [2.24, 2.45) is 0 Å². The van der Waals surface area contributed by atoms with E-state index in [0.29, 0.717) is 31.0 Å². The fourth-order valence-electron chi connectivity index (χ4n) is 2.60. The maximum absolute atomic E-state index is 12.8. The first-order valence-corrected chi connectivity index (χ1v) is 8.54. The maximum Gasteiger partial charge on any atom is 0.308 e. The topological polar surface area (TPSA) is 84.9 Å². The van der Waals surface area contributed by atoms with Crippen LogP contribution >= 0.6 is 0 Å². The minimum absolute atomic E-state index is 0.161. The molecule has 0 radical (unpaired) electrons. The Labute approximate surface area is 153 Å². The third kappa shape index (κ3) is 5.08. The number of rotatable bonds is 7. The minimum atomic E-state index is -0.866. The van der Waals surface area contributed by atoms with Crippen molar-refractivity contribution in [3.05, 3.63) is 42.0 Å². The van der Waals surface area contributed by atoms with Crippen molar-refractivity contribution in [3.8, 4) is 5.75 Å². The zero-order valence-corrected chi connectivity index (χ0v) is 15.1. The van der Waals surface area contributed by atoms with Gasteiger partial charge in [0.15, 0.2) is 0 Å². The molecule has 2 rings (SSSR count). The molecule has 1 aliphatic heterocycles. The van der Waals surface area contributed by atoms with Crippen molar-refractivity contribution in [1.82, 2.24) is 10.2 Å². The van der Waals surface area contributed by atoms with Gasteiger partial charge >= 0.3 is 5.97 Å². The molecule has 1 unspecified atom stereocenters. The van der Waals surface area contributed by atoms with Gasteiger partial charge in [0.25, 0.3) is 5.91 Å². The summed E-state index contributed by atoms with van der Waals surface area (Å²) in [6, 6.07) is 5.81. The molecule has 1 saturated heterocycles. The molecule has 7 heteroatoms. The first-order chi connectivity index (χ1) is 12.4. The van der Waals surface area contributed by atoms with Crippen molar-refractivity contribution >= 4 is 17.8 Å². The van der Waals surface area contributed by atoms with Crippen LogP contribution in [0.25, 0.3) is 0 Å². The van der Waals surface area contributed by atoms with E-state index in [1.54, 1.807) is 31.2 Å². The van der Waals surface area contributed by atoms with E-state index in [1.807, 2.05) is 6.92 Å². The quantitative estimate of drug-likeness (QED) is 0.589. The Balaban J connectivity index is 2.10. The van der Waals surface area contributed by atoms with Gasteiger partial charge in [0, 0.05) is 18.7 Å². The lowest BCUT2D eigenvalue weighted by atomic mass is 10.1. The van der Waals surface area contributed by atoms with E-state index >= 15 is 0 Å². The summed E-state index contributed by atoms with van der Waals surface area (Å²) in [6.45, 7) is 8.65. The van der Waals surface area contributed by atoms with E-state index in [4.69, 9.17) is 9.47 Å². The SMILES string of the molecule is C=C(C)COc1ccc(C(=O)N2CCNC(=O)C2CC(=O)OCC)cc1. The number of carbonyl (C=O) groups excluding carboxylic acids is 3. The molecule has 1 atom stereocenters. The summed E-state index contributed by atoms with van der Waals surface area (Å²) in [5.74, 6) is -0.528. The molecule has 26 heavy (non-hydrogen) atoms. The Hall–Kier alpha value is -2.83. The van der Waals surface area contributed by atoms with Gasteiger partial charge < -0.3 is 19.7 Å². The average Bonchev–Trinajstić information content (AvgIpc) is 2.62. The molecular weight excluding hydrogens is 336 g/mol. The molecule has 0 aliphatic carbocycles. The Morgan fingerprint density at radius 3 is 2.62 bits per heavy atom. The van der Waals surface area contributed by atoms with Crippen molar-refractivity contribution < 1.29 is 23.9 Å². The lowest BCUT2D eigenvalue weighted by molar-refractivity contribution is -0.147. The van der Waals surface area contributed by atoms with Crippen LogP contribution in [0.1, 0.15) is 30.6 Å². The third-order valence-corrected chi connectivity index (χ3v) is 3.84. The number of nitrogens with zero attached hydrogens (tertiary/aromatic N) is 1. The Kier molecular flexibility index (Phi) is 6.77. The molecule has 1 aromatic carbocycles. The summed E-state index contributed by atoms with van der Waals surface area (Å²) in [7, 11) is 0. The molecule has 1 aromatic rings. The van der Waals surface area contributed by atoms with Gasteiger partial charge in [0.05, 0.1) is 13.0 Å². The van der Waals surface area contributed by atoms with Crippen LogP contribution in [0.5, 0.6) is 5.75 Å². The van der Waals surface area contributed by atoms with Gasteiger partial charge in [-0.3, -0.25) is 14.4 Å². The van der Waals surface area contributed by atoms with E-state index in [-0.39, 0.29) is 24.8 Å². The van der Waals surface area contributed by atoms with E-state index < -0.39 is 12.0 Å². The van der Waals surface area contributed by atoms with Crippen LogP contribution in [0.4, 0.5) is 0 Å². The number of nitrogens with one attached hydrogen (secondary N) is 1. The highest BCUT2D eigenvalue weighted by atomic mass is 16.5. The molecule has 1 heterocycles. The predicted octanol–water partition coefficient (Wildman–Crippen LogP) is 1.54. The van der Waals surface area contributed by atoms with Crippen LogP contribution in [0.3, 0.4) is 0 Å². The summed E-state index contributed by atoms with van der Waals surface area (Å²) >= 11 is 0. The van der Waals surface area contributed by atoms with Crippen LogP contribution in [0, 0.1) is 0 Å². The second-order valence-corrected chi connectivity index (χ2v) is 6.08. The van der Waals surface area contributed by atoms with Gasteiger partial charge in [-0.05, 0) is 43.7 Å². The van der Waals surface area contributed by atoms with Crippen LogP contribution in [-0.2, 0) is 14.3 Å². The van der Waals surface area contributed by atoms with Crippen LogP contribution in [0.15, 0.2) is 36.4 Å². The molecule has 1 fully saturated rings. The zero-order valence-electron chi connectivity index (χ0n) is 15.1. The van der Waals surface area contributed by atoms with Crippen molar-refractivity contribution in [2.45, 2.75) is 26.3 Å². The van der Waals surface area contributed by atoms with Gasteiger partial charge in [-0.15, -0.1) is 0 Å². The van der Waals surface area contributed by atoms with E-state index in [0.717, 1.165) is 5.57 Å². The number of amides is 2. The van der Waals surface area contributed by atoms with Crippen LogP contribution < -0.4 is 10.1 Å². The molecule has 0 aromatic heterocycles. The summed E-state index contributed by atoms with van der Waals surface area (Å²) in [5.41, 5.74) is 1.32. The molecule has 1 N–H and O–H groups in total. The summed E-state index contributed by atoms with van der Waals surface area (Å²) in [5, 5.41) is 2.68. The fourth-order valence-corrected chi connectivity index (χ4v) is 2.60. The number of carbonyl (C=O) groups is 3. The summed E-state index contributed by atoms with van der Waals surface area (Å²) in [6.07, 6.45) is -0.161. The van der Waals surface area contributed by atoms with Crippen molar-refractivity contribution in [3.63, 3.8) is 0 Å². The highest BCUT2D eigenvalue weighted by Crippen LogP contribution is 2.18. The molecule has 0 spiro atoms. The van der Waals surface area contributed by atoms with Gasteiger partial charge in [0.1, 0.15) is 18.4 Å². The van der Waals surface area contributed by atoms with Crippen molar-refractivity contribution in [2.75, 3.05) is 26.3 Å². The summed E-state index contributed by atoms with van der Waals surface area (Å²) < 4.78 is 10.4. The van der Waals surface area contributed by atoms with Gasteiger partial charge in [0.2, 0.25) is 5.91 Å².